The van der Waals surface area contributed by atoms with Gasteiger partial charge in [-0.2, -0.15) is 5.10 Å². The molecule has 0 aliphatic carbocycles. The Balaban J connectivity index is 0.00000126. The first-order valence-corrected chi connectivity index (χ1v) is 9.42. The average Bonchev–Trinajstić information content (AvgIpc) is 3.02. The van der Waals surface area contributed by atoms with Crippen LogP contribution >= 0.6 is 0 Å². The summed E-state index contributed by atoms with van der Waals surface area (Å²) in [6.45, 7) is 14.0. The maximum absolute atomic E-state index is 5.94. The van der Waals surface area contributed by atoms with Crippen LogP contribution in [0.3, 0.4) is 0 Å². The number of aryl methyl sites for hydroxylation is 3. The zero-order chi connectivity index (χ0) is 20.0. The van der Waals surface area contributed by atoms with E-state index in [-0.39, 0.29) is 0 Å². The first-order valence-electron chi connectivity index (χ1n) is 9.42. The highest BCUT2D eigenvalue weighted by atomic mass is 15.5. The summed E-state index contributed by atoms with van der Waals surface area (Å²) in [5.41, 5.74) is 14.9. The monoisotopic (exact) mass is 372 g/mol. The molecule has 1 fully saturated rings. The van der Waals surface area contributed by atoms with Crippen molar-refractivity contribution in [2.75, 3.05) is 36.0 Å². The minimum Gasteiger partial charge on any atom is -0.382 e. The number of nitrogens with two attached hydrogens (primary N) is 2. The second-order valence-electron chi connectivity index (χ2n) is 6.38. The summed E-state index contributed by atoms with van der Waals surface area (Å²) >= 11 is 0. The summed E-state index contributed by atoms with van der Waals surface area (Å²) in [4.78, 5) is 4.79. The van der Waals surface area contributed by atoms with E-state index in [1.807, 2.05) is 26.8 Å². The topological polar surface area (TPSA) is 112 Å². The van der Waals surface area contributed by atoms with Crippen LogP contribution in [0.1, 0.15) is 36.4 Å². The molecule has 1 aliphatic heterocycles. The van der Waals surface area contributed by atoms with E-state index < -0.39 is 0 Å². The fourth-order valence-corrected chi connectivity index (χ4v) is 3.43. The van der Waals surface area contributed by atoms with Crippen LogP contribution in [0.2, 0.25) is 0 Å². The van der Waals surface area contributed by atoms with Crippen molar-refractivity contribution < 1.29 is 0 Å². The van der Waals surface area contributed by atoms with Crippen LogP contribution in [0.4, 0.5) is 11.4 Å². The van der Waals surface area contributed by atoms with Crippen LogP contribution in [0, 0.1) is 20.8 Å². The van der Waals surface area contributed by atoms with Gasteiger partial charge in [0, 0.05) is 37.4 Å². The Morgan fingerprint density at radius 3 is 2.30 bits per heavy atom. The summed E-state index contributed by atoms with van der Waals surface area (Å²) in [6, 6.07) is 6.11. The Morgan fingerprint density at radius 1 is 1.11 bits per heavy atom. The highest BCUT2D eigenvalue weighted by Crippen LogP contribution is 2.27. The lowest BCUT2D eigenvalue weighted by Crippen LogP contribution is -2.47. The molecule has 0 unspecified atom stereocenters. The number of aromatic amines is 1. The lowest BCUT2D eigenvalue weighted by Gasteiger charge is -2.38. The van der Waals surface area contributed by atoms with Gasteiger partial charge >= 0.3 is 0 Å². The van der Waals surface area contributed by atoms with E-state index in [2.05, 4.69) is 56.6 Å². The largest absolute Gasteiger partial charge is 0.382 e. The molecule has 1 aromatic heterocycles. The number of hydrogen-bond acceptors (Lipinski definition) is 6. The van der Waals surface area contributed by atoms with Crippen molar-refractivity contribution >= 4 is 17.2 Å². The van der Waals surface area contributed by atoms with Gasteiger partial charge in [0.05, 0.1) is 17.1 Å². The van der Waals surface area contributed by atoms with Gasteiger partial charge < -0.3 is 15.5 Å². The SMILES string of the molecule is CC.Cc1ccc(/C(N)=N/NN)cc1N1CCN(c2c(C)n[nH]c2C)CC1. The summed E-state index contributed by atoms with van der Waals surface area (Å²) in [5.74, 6) is 5.60. The number of piperazine rings is 1. The molecule has 2 aromatic rings. The molecule has 8 nitrogen and oxygen atoms in total. The minimum absolute atomic E-state index is 0.382. The van der Waals surface area contributed by atoms with Crippen LogP contribution in [0.15, 0.2) is 23.3 Å². The van der Waals surface area contributed by atoms with E-state index in [0.717, 1.165) is 43.1 Å². The summed E-state index contributed by atoms with van der Waals surface area (Å²) in [6.07, 6.45) is 0. The number of amidine groups is 1. The highest BCUT2D eigenvalue weighted by Gasteiger charge is 2.22. The molecular weight excluding hydrogens is 340 g/mol. The van der Waals surface area contributed by atoms with E-state index in [4.69, 9.17) is 11.6 Å². The molecule has 0 bridgehead atoms. The third-order valence-electron chi connectivity index (χ3n) is 4.72. The number of hydrogen-bond donors (Lipinski definition) is 4. The maximum Gasteiger partial charge on any atom is 0.152 e. The third-order valence-corrected chi connectivity index (χ3v) is 4.72. The first-order chi connectivity index (χ1) is 13.0. The summed E-state index contributed by atoms with van der Waals surface area (Å²) < 4.78 is 0. The molecule has 3 rings (SSSR count). The smallest absolute Gasteiger partial charge is 0.152 e. The van der Waals surface area contributed by atoms with E-state index in [1.54, 1.807) is 0 Å². The number of nitrogens with one attached hydrogen (secondary N) is 2. The molecule has 0 saturated carbocycles. The van der Waals surface area contributed by atoms with Crippen molar-refractivity contribution in [3.63, 3.8) is 0 Å². The van der Waals surface area contributed by atoms with Crippen molar-refractivity contribution in [3.05, 3.63) is 40.7 Å². The fourth-order valence-electron chi connectivity index (χ4n) is 3.43. The zero-order valence-electron chi connectivity index (χ0n) is 17.0. The zero-order valence-corrected chi connectivity index (χ0v) is 17.0. The second-order valence-corrected chi connectivity index (χ2v) is 6.38. The van der Waals surface area contributed by atoms with Crippen LogP contribution in [-0.4, -0.2) is 42.2 Å². The second kappa shape index (κ2) is 9.27. The van der Waals surface area contributed by atoms with Gasteiger partial charge in [0.15, 0.2) is 5.84 Å². The van der Waals surface area contributed by atoms with Crippen molar-refractivity contribution in [2.45, 2.75) is 34.6 Å². The molecule has 1 aromatic carbocycles. The standard InChI is InChI=1S/C17H26N8.C2H6/c1-11-4-5-14(17(18)22-23-19)10-15(11)24-6-8-25(9-7-24)16-12(2)20-21-13(16)3;1-2/h4-5,10,23H,6-9,19H2,1-3H3,(H2,18,22)(H,20,21);1-2H3. The van der Waals surface area contributed by atoms with Gasteiger partial charge in [-0.05, 0) is 32.4 Å². The first kappa shape index (κ1) is 20.6. The molecule has 1 saturated heterocycles. The number of hydrazone groups is 1. The van der Waals surface area contributed by atoms with E-state index in [0.29, 0.717) is 5.84 Å². The number of nitrogens with zero attached hydrogens (tertiary/aromatic N) is 4. The molecule has 8 heteroatoms. The van der Waals surface area contributed by atoms with Gasteiger partial charge in [0.1, 0.15) is 0 Å². The van der Waals surface area contributed by atoms with Gasteiger partial charge in [0.2, 0.25) is 0 Å². The Bertz CT molecular complexity index is 753. The van der Waals surface area contributed by atoms with Gasteiger partial charge in [-0.25, -0.2) is 11.4 Å². The van der Waals surface area contributed by atoms with Crippen LogP contribution in [0.5, 0.6) is 0 Å². The molecule has 0 atom stereocenters. The average molecular weight is 373 g/mol. The fraction of sp³-hybridized carbons (Fsp3) is 0.474. The Morgan fingerprint density at radius 2 is 1.74 bits per heavy atom. The predicted molar refractivity (Wildman–Crippen MR) is 113 cm³/mol. The molecule has 0 spiro atoms. The van der Waals surface area contributed by atoms with Crippen LogP contribution in [0.25, 0.3) is 0 Å². The molecule has 1 aliphatic rings. The maximum atomic E-state index is 5.94. The van der Waals surface area contributed by atoms with Crippen molar-refractivity contribution in [2.24, 2.45) is 16.7 Å². The molecule has 0 amide bonds. The number of hydrazine groups is 1. The van der Waals surface area contributed by atoms with Crippen LogP contribution in [-0.2, 0) is 0 Å². The van der Waals surface area contributed by atoms with Crippen molar-refractivity contribution in [3.8, 4) is 0 Å². The van der Waals surface area contributed by atoms with Gasteiger partial charge in [-0.15, -0.1) is 5.10 Å². The molecule has 2 heterocycles. The molecular formula is C19H32N8. The Hall–Kier alpha value is -2.74. The Labute approximate surface area is 161 Å². The lowest BCUT2D eigenvalue weighted by molar-refractivity contribution is 0.650. The van der Waals surface area contributed by atoms with Crippen molar-refractivity contribution in [1.82, 2.24) is 15.7 Å². The minimum atomic E-state index is 0.382. The van der Waals surface area contributed by atoms with Gasteiger partial charge in [0.25, 0.3) is 0 Å². The third kappa shape index (κ3) is 4.51. The predicted octanol–water partition coefficient (Wildman–Crippen LogP) is 1.77. The number of aromatic nitrogens is 2. The summed E-state index contributed by atoms with van der Waals surface area (Å²) in [7, 11) is 0. The normalized spacial score (nSPS) is 14.7. The molecule has 0 radical (unpaired) electrons. The van der Waals surface area contributed by atoms with Gasteiger partial charge in [-0.1, -0.05) is 26.0 Å². The highest BCUT2D eigenvalue weighted by molar-refractivity contribution is 5.98. The quantitative estimate of drug-likeness (QED) is 0.282. The number of rotatable bonds is 4. The lowest BCUT2D eigenvalue weighted by atomic mass is 10.1. The van der Waals surface area contributed by atoms with Gasteiger partial charge in [-0.3, -0.25) is 5.10 Å². The molecule has 27 heavy (non-hydrogen) atoms. The number of benzene rings is 1. The van der Waals surface area contributed by atoms with E-state index in [9.17, 15) is 0 Å². The van der Waals surface area contributed by atoms with Crippen LogP contribution < -0.4 is 26.9 Å². The summed E-state index contributed by atoms with van der Waals surface area (Å²) in [5, 5.41) is 11.2. The Kier molecular flexibility index (Phi) is 7.06. The van der Waals surface area contributed by atoms with E-state index >= 15 is 0 Å². The van der Waals surface area contributed by atoms with Crippen molar-refractivity contribution in [1.29, 1.82) is 0 Å². The molecule has 6 N–H and O–H groups in total. The molecule has 148 valence electrons. The number of anilines is 2. The number of H-pyrrole nitrogens is 1. The van der Waals surface area contributed by atoms with E-state index in [1.165, 1.54) is 16.9 Å².